The van der Waals surface area contributed by atoms with E-state index in [1.165, 1.54) is 4.90 Å². The van der Waals surface area contributed by atoms with Crippen molar-refractivity contribution in [2.75, 3.05) is 40.4 Å². The Morgan fingerprint density at radius 1 is 1.35 bits per heavy atom. The minimum absolute atomic E-state index is 0. The van der Waals surface area contributed by atoms with Gasteiger partial charge in [-0.15, -0.1) is 24.0 Å². The summed E-state index contributed by atoms with van der Waals surface area (Å²) in [6, 6.07) is 4.90. The molecular formula is C20H31F2IN4O4. The zero-order valence-electron chi connectivity index (χ0n) is 18.0. The van der Waals surface area contributed by atoms with Gasteiger partial charge in [-0.05, 0) is 25.8 Å². The SMILES string of the molecule is CCOc1cccc(CN=C(NCC(=O)N(C)C)NCC2CCCO2)c1OC(F)F.I. The quantitative estimate of drug-likeness (QED) is 0.262. The van der Waals surface area contributed by atoms with Gasteiger partial charge >= 0.3 is 6.61 Å². The number of hydrogen-bond acceptors (Lipinski definition) is 5. The molecule has 176 valence electrons. The lowest BCUT2D eigenvalue weighted by molar-refractivity contribution is -0.127. The fourth-order valence-electron chi connectivity index (χ4n) is 2.85. The van der Waals surface area contributed by atoms with Gasteiger partial charge < -0.3 is 29.7 Å². The minimum Gasteiger partial charge on any atom is -0.490 e. The van der Waals surface area contributed by atoms with Gasteiger partial charge in [-0.1, -0.05) is 12.1 Å². The van der Waals surface area contributed by atoms with Crippen LogP contribution in [0.4, 0.5) is 8.78 Å². The lowest BCUT2D eigenvalue weighted by Gasteiger charge is -2.18. The van der Waals surface area contributed by atoms with Crippen molar-refractivity contribution >= 4 is 35.8 Å². The molecule has 0 aliphatic carbocycles. The highest BCUT2D eigenvalue weighted by Gasteiger charge is 2.18. The van der Waals surface area contributed by atoms with E-state index in [0.29, 0.717) is 24.7 Å². The van der Waals surface area contributed by atoms with Crippen LogP contribution in [0.3, 0.4) is 0 Å². The summed E-state index contributed by atoms with van der Waals surface area (Å²) >= 11 is 0. The number of ether oxygens (including phenoxy) is 3. The first kappa shape index (κ1) is 27.1. The summed E-state index contributed by atoms with van der Waals surface area (Å²) in [5.74, 6) is 0.447. The first-order valence-electron chi connectivity index (χ1n) is 9.94. The highest BCUT2D eigenvalue weighted by molar-refractivity contribution is 14.0. The molecule has 0 radical (unpaired) electrons. The first-order valence-corrected chi connectivity index (χ1v) is 9.94. The van der Waals surface area contributed by atoms with Gasteiger partial charge in [0.1, 0.15) is 0 Å². The van der Waals surface area contributed by atoms with E-state index in [-0.39, 0.29) is 60.6 Å². The number of amides is 1. The van der Waals surface area contributed by atoms with E-state index in [4.69, 9.17) is 9.47 Å². The monoisotopic (exact) mass is 556 g/mol. The van der Waals surface area contributed by atoms with Gasteiger partial charge in [0.2, 0.25) is 5.91 Å². The van der Waals surface area contributed by atoms with Crippen LogP contribution in [0.15, 0.2) is 23.2 Å². The Morgan fingerprint density at radius 3 is 2.74 bits per heavy atom. The Kier molecular flexibility index (Phi) is 12.5. The summed E-state index contributed by atoms with van der Waals surface area (Å²) in [5, 5.41) is 6.12. The van der Waals surface area contributed by atoms with Crippen LogP contribution >= 0.6 is 24.0 Å². The third kappa shape index (κ3) is 9.42. The van der Waals surface area contributed by atoms with E-state index in [2.05, 4.69) is 20.4 Å². The van der Waals surface area contributed by atoms with E-state index in [0.717, 1.165) is 19.4 Å². The predicted octanol–water partition coefficient (Wildman–Crippen LogP) is 2.61. The molecule has 0 aromatic heterocycles. The van der Waals surface area contributed by atoms with Gasteiger partial charge in [-0.3, -0.25) is 4.79 Å². The zero-order chi connectivity index (χ0) is 21.9. The largest absolute Gasteiger partial charge is 0.490 e. The summed E-state index contributed by atoms with van der Waals surface area (Å²) in [4.78, 5) is 17.8. The molecular weight excluding hydrogens is 525 g/mol. The van der Waals surface area contributed by atoms with Gasteiger partial charge in [-0.2, -0.15) is 8.78 Å². The Morgan fingerprint density at radius 2 is 2.13 bits per heavy atom. The third-order valence-electron chi connectivity index (χ3n) is 4.40. The number of aliphatic imine (C=N–C) groups is 1. The fourth-order valence-corrected chi connectivity index (χ4v) is 2.85. The third-order valence-corrected chi connectivity index (χ3v) is 4.40. The highest BCUT2D eigenvalue weighted by Crippen LogP contribution is 2.33. The van der Waals surface area contributed by atoms with Crippen molar-refractivity contribution in [2.24, 2.45) is 4.99 Å². The maximum Gasteiger partial charge on any atom is 0.387 e. The number of benzene rings is 1. The molecule has 0 bridgehead atoms. The van der Waals surface area contributed by atoms with Gasteiger partial charge in [0.05, 0.1) is 25.8 Å². The molecule has 0 spiro atoms. The lowest BCUT2D eigenvalue weighted by Crippen LogP contribution is -2.45. The van der Waals surface area contributed by atoms with Crippen LogP contribution < -0.4 is 20.1 Å². The number of nitrogens with zero attached hydrogens (tertiary/aromatic N) is 2. The van der Waals surface area contributed by atoms with Crippen molar-refractivity contribution in [1.82, 2.24) is 15.5 Å². The number of guanidine groups is 1. The number of likely N-dealkylation sites (N-methyl/N-ethyl adjacent to an activating group) is 1. The molecule has 1 atom stereocenters. The van der Waals surface area contributed by atoms with Crippen LogP contribution in [0.5, 0.6) is 11.5 Å². The molecule has 1 fully saturated rings. The van der Waals surface area contributed by atoms with Crippen LogP contribution in [0.1, 0.15) is 25.3 Å². The van der Waals surface area contributed by atoms with Crippen molar-refractivity contribution < 1.29 is 27.8 Å². The molecule has 2 N–H and O–H groups in total. The topological polar surface area (TPSA) is 84.4 Å². The van der Waals surface area contributed by atoms with Crippen molar-refractivity contribution in [1.29, 1.82) is 0 Å². The number of halogens is 3. The van der Waals surface area contributed by atoms with E-state index < -0.39 is 6.61 Å². The van der Waals surface area contributed by atoms with Crippen LogP contribution in [-0.2, 0) is 16.1 Å². The molecule has 1 aliphatic heterocycles. The Labute approximate surface area is 198 Å². The first-order chi connectivity index (χ1) is 14.4. The number of carbonyl (C=O) groups excluding carboxylic acids is 1. The molecule has 1 amide bonds. The number of alkyl halides is 2. The molecule has 1 saturated heterocycles. The van der Waals surface area contributed by atoms with E-state index in [9.17, 15) is 13.6 Å². The Hall–Kier alpha value is -1.89. The van der Waals surface area contributed by atoms with Crippen molar-refractivity contribution in [3.8, 4) is 11.5 Å². The van der Waals surface area contributed by atoms with Crippen LogP contribution in [0.2, 0.25) is 0 Å². The summed E-state index contributed by atoms with van der Waals surface area (Å²) in [5.41, 5.74) is 0.443. The fraction of sp³-hybridized carbons (Fsp3) is 0.600. The molecule has 2 rings (SSSR count). The zero-order valence-corrected chi connectivity index (χ0v) is 20.4. The van der Waals surface area contributed by atoms with Crippen molar-refractivity contribution in [3.63, 3.8) is 0 Å². The molecule has 1 heterocycles. The molecule has 1 aromatic rings. The molecule has 31 heavy (non-hydrogen) atoms. The molecule has 11 heteroatoms. The summed E-state index contributed by atoms with van der Waals surface area (Å²) in [7, 11) is 3.32. The standard InChI is InChI=1S/C20H30F2N4O4.HI/c1-4-28-16-9-5-7-14(18(16)30-19(21)22)11-23-20(25-13-17(27)26(2)3)24-12-15-8-6-10-29-15;/h5,7,9,15,19H,4,6,8,10-13H2,1-3H3,(H2,23,24,25);1H. The predicted molar refractivity (Wildman–Crippen MR) is 124 cm³/mol. The van der Waals surface area contributed by atoms with Crippen molar-refractivity contribution in [3.05, 3.63) is 23.8 Å². The molecule has 1 aromatic carbocycles. The number of para-hydroxylation sites is 1. The average molecular weight is 556 g/mol. The number of carbonyl (C=O) groups is 1. The Balaban J connectivity index is 0.00000480. The minimum atomic E-state index is -2.98. The molecule has 0 saturated carbocycles. The molecule has 1 aliphatic rings. The van der Waals surface area contributed by atoms with Crippen LogP contribution in [0.25, 0.3) is 0 Å². The van der Waals surface area contributed by atoms with Gasteiger partial charge in [0.15, 0.2) is 17.5 Å². The van der Waals surface area contributed by atoms with Crippen LogP contribution in [0, 0.1) is 0 Å². The highest BCUT2D eigenvalue weighted by atomic mass is 127. The molecule has 8 nitrogen and oxygen atoms in total. The van der Waals surface area contributed by atoms with Crippen LogP contribution in [-0.4, -0.2) is 69.9 Å². The van der Waals surface area contributed by atoms with Gasteiger partial charge in [-0.25, -0.2) is 4.99 Å². The number of hydrogen-bond donors (Lipinski definition) is 2. The normalized spacial score (nSPS) is 15.9. The van der Waals surface area contributed by atoms with Crippen molar-refractivity contribution in [2.45, 2.75) is 39.0 Å². The summed E-state index contributed by atoms with van der Waals surface area (Å²) in [6.45, 7) is 0.446. The molecule has 1 unspecified atom stereocenters. The summed E-state index contributed by atoms with van der Waals surface area (Å²) in [6.07, 6.45) is 2.02. The average Bonchev–Trinajstić information content (AvgIpc) is 3.22. The maximum absolute atomic E-state index is 12.9. The summed E-state index contributed by atoms with van der Waals surface area (Å²) < 4.78 is 41.5. The van der Waals surface area contributed by atoms with Gasteiger partial charge in [0, 0.05) is 32.8 Å². The number of nitrogens with one attached hydrogen (secondary N) is 2. The number of rotatable bonds is 10. The van der Waals surface area contributed by atoms with E-state index in [1.807, 2.05) is 0 Å². The smallest absolute Gasteiger partial charge is 0.387 e. The van der Waals surface area contributed by atoms with E-state index >= 15 is 0 Å². The lowest BCUT2D eigenvalue weighted by atomic mass is 10.2. The maximum atomic E-state index is 12.9. The second-order valence-corrected chi connectivity index (χ2v) is 6.88. The second-order valence-electron chi connectivity index (χ2n) is 6.88. The van der Waals surface area contributed by atoms with Gasteiger partial charge in [0.25, 0.3) is 0 Å². The Bertz CT molecular complexity index is 716. The second kappa shape index (κ2) is 14.2. The van der Waals surface area contributed by atoms with E-state index in [1.54, 1.807) is 39.2 Å².